The minimum Gasteiger partial charge on any atom is -0.478 e. The standard InChI is InChI=1S/C13H13FN4O3/c1-7-11(6-18(2)17-7)16-13(21)15-10-5-8(12(19)20)3-4-9(10)14/h3-6H,1-2H3,(H,19,20)(H2,15,16,21). The lowest BCUT2D eigenvalue weighted by Crippen LogP contribution is -2.20. The first kappa shape index (κ1) is 14.5. The molecule has 7 nitrogen and oxygen atoms in total. The zero-order valence-corrected chi connectivity index (χ0v) is 11.3. The van der Waals surface area contributed by atoms with Crippen LogP contribution in [0.4, 0.5) is 20.6 Å². The number of carboxylic acids is 1. The molecule has 0 unspecified atom stereocenters. The van der Waals surface area contributed by atoms with Gasteiger partial charge in [0.25, 0.3) is 0 Å². The number of carbonyl (C=O) groups is 2. The van der Waals surface area contributed by atoms with E-state index in [4.69, 9.17) is 5.11 Å². The van der Waals surface area contributed by atoms with Crippen LogP contribution in [0.25, 0.3) is 0 Å². The molecule has 21 heavy (non-hydrogen) atoms. The highest BCUT2D eigenvalue weighted by Crippen LogP contribution is 2.17. The molecular weight excluding hydrogens is 279 g/mol. The first-order valence-corrected chi connectivity index (χ1v) is 5.98. The molecule has 8 heteroatoms. The second-order valence-electron chi connectivity index (χ2n) is 4.38. The van der Waals surface area contributed by atoms with Crippen LogP contribution in [0.2, 0.25) is 0 Å². The van der Waals surface area contributed by atoms with Gasteiger partial charge in [0.15, 0.2) is 0 Å². The Hall–Kier alpha value is -2.90. The summed E-state index contributed by atoms with van der Waals surface area (Å²) in [7, 11) is 1.70. The number of benzene rings is 1. The number of aromatic carboxylic acids is 1. The maximum Gasteiger partial charge on any atom is 0.335 e. The number of hydrogen-bond acceptors (Lipinski definition) is 3. The summed E-state index contributed by atoms with van der Waals surface area (Å²) in [5.41, 5.74) is 0.746. The largest absolute Gasteiger partial charge is 0.478 e. The molecule has 110 valence electrons. The molecule has 2 amide bonds. The molecule has 0 saturated carbocycles. The maximum absolute atomic E-state index is 13.6. The molecule has 0 radical (unpaired) electrons. The van der Waals surface area contributed by atoms with Gasteiger partial charge in [0.1, 0.15) is 5.82 Å². The van der Waals surface area contributed by atoms with Crippen molar-refractivity contribution in [2.45, 2.75) is 6.92 Å². The van der Waals surface area contributed by atoms with Crippen LogP contribution in [0.3, 0.4) is 0 Å². The van der Waals surface area contributed by atoms with Crippen molar-refractivity contribution in [2.75, 3.05) is 10.6 Å². The van der Waals surface area contributed by atoms with Crippen LogP contribution in [-0.2, 0) is 7.05 Å². The molecule has 0 fully saturated rings. The Bertz CT molecular complexity index is 711. The molecule has 1 aromatic heterocycles. The van der Waals surface area contributed by atoms with Crippen molar-refractivity contribution in [3.8, 4) is 0 Å². The van der Waals surface area contributed by atoms with Gasteiger partial charge in [-0.15, -0.1) is 0 Å². The zero-order valence-electron chi connectivity index (χ0n) is 11.3. The number of carboxylic acid groups (broad SMARTS) is 1. The minimum atomic E-state index is -1.21. The number of halogens is 1. The fourth-order valence-electron chi connectivity index (χ4n) is 1.75. The molecule has 0 spiro atoms. The van der Waals surface area contributed by atoms with Crippen LogP contribution in [0.5, 0.6) is 0 Å². The highest BCUT2D eigenvalue weighted by molar-refractivity contribution is 6.01. The van der Waals surface area contributed by atoms with E-state index in [0.29, 0.717) is 11.4 Å². The van der Waals surface area contributed by atoms with Gasteiger partial charge in [-0.25, -0.2) is 14.0 Å². The Labute approximate surface area is 119 Å². The van der Waals surface area contributed by atoms with Gasteiger partial charge in [-0.1, -0.05) is 0 Å². The maximum atomic E-state index is 13.6. The average Bonchev–Trinajstić information content (AvgIpc) is 2.70. The van der Waals surface area contributed by atoms with Gasteiger partial charge in [-0.2, -0.15) is 5.10 Å². The van der Waals surface area contributed by atoms with Gasteiger partial charge >= 0.3 is 12.0 Å². The number of anilines is 2. The van der Waals surface area contributed by atoms with E-state index in [1.54, 1.807) is 20.2 Å². The fourth-order valence-corrected chi connectivity index (χ4v) is 1.75. The number of amides is 2. The van der Waals surface area contributed by atoms with Gasteiger partial charge in [0, 0.05) is 13.2 Å². The average molecular weight is 292 g/mol. The molecule has 2 rings (SSSR count). The summed E-state index contributed by atoms with van der Waals surface area (Å²) in [6, 6.07) is 2.46. The normalized spacial score (nSPS) is 10.2. The summed E-state index contributed by atoms with van der Waals surface area (Å²) in [6.07, 6.45) is 1.60. The lowest BCUT2D eigenvalue weighted by atomic mass is 10.2. The van der Waals surface area contributed by atoms with Crippen LogP contribution >= 0.6 is 0 Å². The van der Waals surface area contributed by atoms with E-state index in [-0.39, 0.29) is 11.3 Å². The third-order valence-corrected chi connectivity index (χ3v) is 2.72. The van der Waals surface area contributed by atoms with E-state index in [2.05, 4.69) is 15.7 Å². The van der Waals surface area contributed by atoms with Crippen LogP contribution < -0.4 is 10.6 Å². The molecule has 0 aliphatic carbocycles. The molecule has 2 aromatic rings. The van der Waals surface area contributed by atoms with Crippen LogP contribution in [0, 0.1) is 12.7 Å². The summed E-state index contributed by atoms with van der Waals surface area (Å²) in [5.74, 6) is -1.93. The molecule has 0 saturated heterocycles. The number of nitrogens with one attached hydrogen (secondary N) is 2. The van der Waals surface area contributed by atoms with Crippen molar-refractivity contribution < 1.29 is 19.1 Å². The van der Waals surface area contributed by atoms with Crippen molar-refractivity contribution in [1.29, 1.82) is 0 Å². The van der Waals surface area contributed by atoms with Crippen LogP contribution in [0.1, 0.15) is 16.1 Å². The molecule has 1 aromatic carbocycles. The van der Waals surface area contributed by atoms with E-state index in [1.807, 2.05) is 0 Å². The van der Waals surface area contributed by atoms with Gasteiger partial charge in [0.05, 0.1) is 22.6 Å². The predicted molar refractivity (Wildman–Crippen MR) is 73.9 cm³/mol. The van der Waals surface area contributed by atoms with Crippen LogP contribution in [0.15, 0.2) is 24.4 Å². The molecule has 3 N–H and O–H groups in total. The van der Waals surface area contributed by atoms with E-state index in [9.17, 15) is 14.0 Å². The second-order valence-corrected chi connectivity index (χ2v) is 4.38. The lowest BCUT2D eigenvalue weighted by molar-refractivity contribution is 0.0697. The Balaban J connectivity index is 2.14. The Morgan fingerprint density at radius 3 is 2.52 bits per heavy atom. The zero-order chi connectivity index (χ0) is 15.6. The predicted octanol–water partition coefficient (Wildman–Crippen LogP) is 2.21. The summed E-state index contributed by atoms with van der Waals surface area (Å²) in [4.78, 5) is 22.6. The number of aromatic nitrogens is 2. The monoisotopic (exact) mass is 292 g/mol. The first-order valence-electron chi connectivity index (χ1n) is 5.98. The molecule has 1 heterocycles. The molecular formula is C13H13FN4O3. The number of nitrogens with zero attached hydrogens (tertiary/aromatic N) is 2. The van der Waals surface area contributed by atoms with Crippen molar-refractivity contribution in [2.24, 2.45) is 7.05 Å². The third kappa shape index (κ3) is 3.35. The summed E-state index contributed by atoms with van der Waals surface area (Å²) in [5, 5.41) is 17.7. The molecule has 0 bridgehead atoms. The molecule has 0 aliphatic rings. The highest BCUT2D eigenvalue weighted by atomic mass is 19.1. The fraction of sp³-hybridized carbons (Fsp3) is 0.154. The smallest absolute Gasteiger partial charge is 0.335 e. The van der Waals surface area contributed by atoms with E-state index >= 15 is 0 Å². The van der Waals surface area contributed by atoms with Crippen molar-refractivity contribution >= 4 is 23.4 Å². The quantitative estimate of drug-likeness (QED) is 0.808. The van der Waals surface area contributed by atoms with Crippen molar-refractivity contribution in [3.05, 3.63) is 41.5 Å². The number of urea groups is 1. The Kier molecular flexibility index (Phi) is 3.88. The van der Waals surface area contributed by atoms with Gasteiger partial charge < -0.3 is 15.7 Å². The van der Waals surface area contributed by atoms with Crippen LogP contribution in [-0.4, -0.2) is 26.9 Å². The van der Waals surface area contributed by atoms with Gasteiger partial charge in [-0.3, -0.25) is 4.68 Å². The Morgan fingerprint density at radius 2 is 1.95 bits per heavy atom. The van der Waals surface area contributed by atoms with E-state index < -0.39 is 17.8 Å². The SMILES string of the molecule is Cc1nn(C)cc1NC(=O)Nc1cc(C(=O)O)ccc1F. The summed E-state index contributed by atoms with van der Waals surface area (Å²) in [6.45, 7) is 1.71. The molecule has 0 atom stereocenters. The van der Waals surface area contributed by atoms with Crippen molar-refractivity contribution in [1.82, 2.24) is 9.78 Å². The summed E-state index contributed by atoms with van der Waals surface area (Å²) < 4.78 is 15.1. The third-order valence-electron chi connectivity index (χ3n) is 2.72. The number of hydrogen-bond donors (Lipinski definition) is 3. The minimum absolute atomic E-state index is 0.121. The summed E-state index contributed by atoms with van der Waals surface area (Å²) >= 11 is 0. The number of aryl methyl sites for hydroxylation is 2. The molecule has 0 aliphatic heterocycles. The lowest BCUT2D eigenvalue weighted by Gasteiger charge is -2.08. The van der Waals surface area contributed by atoms with Gasteiger partial charge in [0.2, 0.25) is 0 Å². The number of rotatable bonds is 3. The van der Waals surface area contributed by atoms with Crippen molar-refractivity contribution in [3.63, 3.8) is 0 Å². The topological polar surface area (TPSA) is 96.3 Å². The van der Waals surface area contributed by atoms with E-state index in [1.165, 1.54) is 4.68 Å². The second kappa shape index (κ2) is 5.61. The Morgan fingerprint density at radius 1 is 1.29 bits per heavy atom. The highest BCUT2D eigenvalue weighted by Gasteiger charge is 2.12. The first-order chi connectivity index (χ1) is 9.86. The van der Waals surface area contributed by atoms with Gasteiger partial charge in [-0.05, 0) is 25.1 Å². The van der Waals surface area contributed by atoms with E-state index in [0.717, 1.165) is 18.2 Å². The number of carbonyl (C=O) groups excluding carboxylic acids is 1.